The number of aliphatic hydroxyl groups is 5. The minimum atomic E-state index is -3.92. The molecule has 142 valence electrons. The van der Waals surface area contributed by atoms with Crippen LogP contribution in [0.25, 0.3) is 0 Å². The highest BCUT2D eigenvalue weighted by Gasteiger charge is 2.75. The Kier molecular flexibility index (Phi) is 7.07. The molecule has 0 aliphatic carbocycles. The predicted octanol–water partition coefficient (Wildman–Crippen LogP) is -2.82. The van der Waals surface area contributed by atoms with Gasteiger partial charge >= 0.3 is 0 Å². The van der Waals surface area contributed by atoms with Gasteiger partial charge in [-0.15, -0.1) is 0 Å². The van der Waals surface area contributed by atoms with Crippen molar-refractivity contribution < 1.29 is 49.5 Å². The van der Waals surface area contributed by atoms with E-state index < -0.39 is 56.8 Å². The molecule has 0 aromatic carbocycles. The minimum Gasteiger partial charge on any atom is -0.386 e. The van der Waals surface area contributed by atoms with Crippen LogP contribution in [0.4, 0.5) is 0 Å². The smallest absolute Gasteiger partial charge is 0.240 e. The molecule has 0 radical (unpaired) electrons. The Morgan fingerprint density at radius 1 is 0.800 bits per heavy atom. The highest BCUT2D eigenvalue weighted by molar-refractivity contribution is 9.18. The van der Waals surface area contributed by atoms with Crippen LogP contribution in [0.2, 0.25) is 0 Å². The Morgan fingerprint density at radius 2 is 1.20 bits per heavy atom. The Balaban J connectivity index is 7.06. The van der Waals surface area contributed by atoms with Gasteiger partial charge in [0.1, 0.15) is 12.2 Å². The van der Waals surface area contributed by atoms with E-state index in [1.807, 2.05) is 0 Å². The number of carbonyl (C=O) groups is 5. The zero-order valence-corrected chi connectivity index (χ0v) is 15.4. The molecular formula is C14H19BrO10. The largest absolute Gasteiger partial charge is 0.386 e. The lowest BCUT2D eigenvalue weighted by Crippen LogP contribution is -2.81. The molecule has 10 nitrogen and oxygen atoms in total. The second-order valence-electron chi connectivity index (χ2n) is 5.63. The van der Waals surface area contributed by atoms with Gasteiger partial charge in [0.05, 0.1) is 0 Å². The third-order valence-electron chi connectivity index (χ3n) is 4.06. The molecule has 0 aliphatic heterocycles. The van der Waals surface area contributed by atoms with Crippen LogP contribution < -0.4 is 0 Å². The maximum atomic E-state index is 12.0. The van der Waals surface area contributed by atoms with Crippen LogP contribution in [0.1, 0.15) is 27.7 Å². The maximum Gasteiger partial charge on any atom is 0.240 e. The molecule has 11 heteroatoms. The van der Waals surface area contributed by atoms with E-state index >= 15 is 0 Å². The number of carbonyl (C=O) groups excluding carboxylic acids is 5. The van der Waals surface area contributed by atoms with Gasteiger partial charge in [-0.05, 0) is 43.6 Å². The summed E-state index contributed by atoms with van der Waals surface area (Å²) in [6.45, 7) is 2.39. The summed E-state index contributed by atoms with van der Waals surface area (Å²) < 4.78 is -1.70. The van der Waals surface area contributed by atoms with Crippen molar-refractivity contribution in [2.75, 3.05) is 0 Å². The number of aliphatic hydroxyl groups excluding tert-OH is 2. The van der Waals surface area contributed by atoms with E-state index in [0.717, 1.165) is 6.92 Å². The molecule has 5 atom stereocenters. The topological polar surface area (TPSA) is 186 Å². The summed E-state index contributed by atoms with van der Waals surface area (Å²) in [6, 6.07) is 0. The number of ketones is 4. The van der Waals surface area contributed by atoms with E-state index in [9.17, 15) is 49.5 Å². The normalized spacial score (nSPS) is 21.0. The average molecular weight is 427 g/mol. The lowest BCUT2D eigenvalue weighted by molar-refractivity contribution is -0.249. The van der Waals surface area contributed by atoms with Crippen molar-refractivity contribution in [3.63, 3.8) is 0 Å². The maximum absolute atomic E-state index is 12.0. The second kappa shape index (κ2) is 7.48. The fraction of sp³-hybridized carbons (Fsp3) is 0.643. The molecule has 0 heterocycles. The summed E-state index contributed by atoms with van der Waals surface area (Å²) in [7, 11) is 0. The van der Waals surface area contributed by atoms with Crippen molar-refractivity contribution in [1.82, 2.24) is 0 Å². The van der Waals surface area contributed by atoms with Gasteiger partial charge in [0.2, 0.25) is 15.9 Å². The molecule has 0 aliphatic rings. The first-order valence-electron chi connectivity index (χ1n) is 6.81. The summed E-state index contributed by atoms with van der Waals surface area (Å²) in [5, 5.41) is 51.5. The molecular weight excluding hydrogens is 408 g/mol. The van der Waals surface area contributed by atoms with Crippen molar-refractivity contribution in [3.8, 4) is 0 Å². The van der Waals surface area contributed by atoms with Crippen molar-refractivity contribution in [3.05, 3.63) is 0 Å². The van der Waals surface area contributed by atoms with Crippen molar-refractivity contribution in [2.45, 2.75) is 56.7 Å². The zero-order valence-electron chi connectivity index (χ0n) is 13.8. The molecule has 0 bridgehead atoms. The van der Waals surface area contributed by atoms with E-state index in [1.54, 1.807) is 0 Å². The first kappa shape index (κ1) is 23.6. The minimum absolute atomic E-state index is 0.518. The summed E-state index contributed by atoms with van der Waals surface area (Å²) in [5.74, 6) is -6.00. The van der Waals surface area contributed by atoms with E-state index in [2.05, 4.69) is 15.9 Å². The SMILES string of the molecule is CC(=O)C(O)[C@@H](O)[C@](O)(C(C)=O)[C@@](O)(C(C)=O)[C@](O)(C(C)=O)C(=O)Br. The zero-order chi connectivity index (χ0) is 20.5. The van der Waals surface area contributed by atoms with Gasteiger partial charge in [0.15, 0.2) is 28.7 Å². The Labute approximate surface area is 150 Å². The average Bonchev–Trinajstić information content (AvgIpc) is 2.49. The molecule has 1 unspecified atom stereocenters. The molecule has 0 spiro atoms. The van der Waals surface area contributed by atoms with Gasteiger partial charge in [-0.25, -0.2) is 0 Å². The fourth-order valence-corrected chi connectivity index (χ4v) is 3.03. The van der Waals surface area contributed by atoms with Gasteiger partial charge in [-0.2, -0.15) is 0 Å². The molecule has 0 amide bonds. The molecule has 0 fully saturated rings. The van der Waals surface area contributed by atoms with Gasteiger partial charge in [-0.3, -0.25) is 24.0 Å². The van der Waals surface area contributed by atoms with Crippen LogP contribution in [0.5, 0.6) is 0 Å². The Morgan fingerprint density at radius 3 is 1.40 bits per heavy atom. The summed E-state index contributed by atoms with van der Waals surface area (Å²) >= 11 is 2.20. The van der Waals surface area contributed by atoms with Gasteiger partial charge < -0.3 is 25.5 Å². The van der Waals surface area contributed by atoms with Crippen LogP contribution in [0.15, 0.2) is 0 Å². The van der Waals surface area contributed by atoms with E-state index in [1.165, 1.54) is 0 Å². The number of hydrogen-bond acceptors (Lipinski definition) is 10. The Hall–Kier alpha value is -1.37. The first-order valence-corrected chi connectivity index (χ1v) is 7.60. The van der Waals surface area contributed by atoms with Crippen LogP contribution in [0, 0.1) is 0 Å². The van der Waals surface area contributed by atoms with E-state index in [-0.39, 0.29) is 0 Å². The second-order valence-corrected chi connectivity index (χ2v) is 6.35. The number of rotatable bonds is 9. The number of hydrogen-bond donors (Lipinski definition) is 5. The fourth-order valence-electron chi connectivity index (χ4n) is 2.46. The molecule has 5 N–H and O–H groups in total. The summed E-state index contributed by atoms with van der Waals surface area (Å²) in [5.41, 5.74) is -11.4. The van der Waals surface area contributed by atoms with Gasteiger partial charge in [-0.1, -0.05) is 0 Å². The van der Waals surface area contributed by atoms with E-state index in [4.69, 9.17) is 0 Å². The number of Topliss-reactive ketones (excluding diaryl/α,β-unsaturated/α-hetero) is 4. The third-order valence-corrected chi connectivity index (χ3v) is 4.63. The Bertz CT molecular complexity index is 615. The molecule has 0 aromatic heterocycles. The standard InChI is InChI=1S/C14H19BrO10/c1-5(16)9(20)10(21)12(23,6(2)17)14(25,8(4)19)13(24,7(3)18)11(15)22/h9-10,20-21,23-25H,1-4H3/t9?,10-,12-,13+,14+/m1/s1. The number of halogens is 1. The van der Waals surface area contributed by atoms with E-state index in [0.29, 0.717) is 20.8 Å². The van der Waals surface area contributed by atoms with Gasteiger partial charge in [0.25, 0.3) is 0 Å². The summed E-state index contributed by atoms with van der Waals surface area (Å²) in [6.07, 6.45) is -5.34. The molecule has 0 aromatic rings. The lowest BCUT2D eigenvalue weighted by Gasteiger charge is -2.49. The first-order chi connectivity index (χ1) is 11.0. The van der Waals surface area contributed by atoms with Gasteiger partial charge in [0, 0.05) is 0 Å². The quantitative estimate of drug-likeness (QED) is 0.190. The van der Waals surface area contributed by atoms with Crippen molar-refractivity contribution in [1.29, 1.82) is 0 Å². The predicted molar refractivity (Wildman–Crippen MR) is 83.5 cm³/mol. The van der Waals surface area contributed by atoms with Crippen molar-refractivity contribution >= 4 is 43.8 Å². The lowest BCUT2D eigenvalue weighted by atomic mass is 9.62. The monoisotopic (exact) mass is 426 g/mol. The highest BCUT2D eigenvalue weighted by Crippen LogP contribution is 2.41. The highest BCUT2D eigenvalue weighted by atomic mass is 79.9. The van der Waals surface area contributed by atoms with Crippen LogP contribution in [-0.4, -0.2) is 82.4 Å². The van der Waals surface area contributed by atoms with Crippen LogP contribution in [0.3, 0.4) is 0 Å². The summed E-state index contributed by atoms with van der Waals surface area (Å²) in [4.78, 5) is 58.9. The molecule has 0 saturated heterocycles. The molecule has 25 heavy (non-hydrogen) atoms. The van der Waals surface area contributed by atoms with Crippen molar-refractivity contribution in [2.24, 2.45) is 0 Å². The third kappa shape index (κ3) is 3.23. The molecule has 0 rings (SSSR count). The van der Waals surface area contributed by atoms with Crippen LogP contribution >= 0.6 is 15.9 Å². The van der Waals surface area contributed by atoms with Crippen LogP contribution in [-0.2, 0) is 24.0 Å². The molecule has 0 saturated carbocycles.